The second kappa shape index (κ2) is 10.8. The van der Waals surface area contributed by atoms with Crippen molar-refractivity contribution in [1.29, 1.82) is 0 Å². The summed E-state index contributed by atoms with van der Waals surface area (Å²) >= 11 is 0. The molecule has 0 aliphatic carbocycles. The molecule has 3 N–H and O–H groups in total. The van der Waals surface area contributed by atoms with Crippen LogP contribution in [0, 0.1) is 5.92 Å². The summed E-state index contributed by atoms with van der Waals surface area (Å²) in [7, 11) is -0.387. The number of hydrogen-bond acceptors (Lipinski definition) is 6. The first-order chi connectivity index (χ1) is 14.8. The fourth-order valence-corrected chi connectivity index (χ4v) is 4.06. The zero-order valence-electron chi connectivity index (χ0n) is 17.8. The van der Waals surface area contributed by atoms with E-state index in [1.165, 1.54) is 42.5 Å². The van der Waals surface area contributed by atoms with Gasteiger partial charge in [-0.15, -0.1) is 0 Å². The standard InChI is InChI=1S/C20H27FN2O6P2S/c1-4-28-16-11-13(22-19(25)18(24)12(2)3)8-9-17(16)32(26,27)23-14-6-5-7-15(10-14)29-20(21,30)31/h5-12,18,23-24H,4,30-31H2,1-3H3,(H,22,25)/t18-/m0/s1. The van der Waals surface area contributed by atoms with Gasteiger partial charge in [-0.25, -0.2) is 8.42 Å². The number of benzene rings is 2. The van der Waals surface area contributed by atoms with Crippen molar-refractivity contribution in [2.75, 3.05) is 16.6 Å². The SMILES string of the molecule is CCOc1cc(NC(=O)[C@@H](O)C(C)C)ccc1S(=O)(=O)Nc1cccc(OC(F)(P)P)c1. The van der Waals surface area contributed by atoms with E-state index in [0.29, 0.717) is 0 Å². The van der Waals surface area contributed by atoms with Crippen LogP contribution in [0.15, 0.2) is 47.4 Å². The Hall–Kier alpha value is -1.99. The van der Waals surface area contributed by atoms with Crippen LogP contribution in [0.5, 0.6) is 11.5 Å². The highest BCUT2D eigenvalue weighted by atomic mass is 32.2. The monoisotopic (exact) mass is 504 g/mol. The lowest BCUT2D eigenvalue weighted by Gasteiger charge is -2.18. The van der Waals surface area contributed by atoms with Gasteiger partial charge in [0.2, 0.25) is 0 Å². The molecule has 0 fully saturated rings. The molecule has 0 saturated heterocycles. The van der Waals surface area contributed by atoms with Gasteiger partial charge in [-0.3, -0.25) is 9.52 Å². The number of carbonyl (C=O) groups excluding carboxylic acids is 1. The molecule has 2 aromatic rings. The Kier molecular flexibility index (Phi) is 8.82. The van der Waals surface area contributed by atoms with Crippen LogP contribution in [0.3, 0.4) is 0 Å². The largest absolute Gasteiger partial charge is 0.492 e. The van der Waals surface area contributed by atoms with Crippen molar-refractivity contribution in [2.24, 2.45) is 5.92 Å². The average molecular weight is 504 g/mol. The highest BCUT2D eigenvalue weighted by Gasteiger charge is 2.23. The van der Waals surface area contributed by atoms with E-state index < -0.39 is 27.4 Å². The van der Waals surface area contributed by atoms with Gasteiger partial charge in [0.1, 0.15) is 22.5 Å². The van der Waals surface area contributed by atoms with Gasteiger partial charge in [0, 0.05) is 17.8 Å². The quantitative estimate of drug-likeness (QED) is 0.427. The average Bonchev–Trinajstić information content (AvgIpc) is 2.66. The lowest BCUT2D eigenvalue weighted by Crippen LogP contribution is -2.31. The summed E-state index contributed by atoms with van der Waals surface area (Å²) in [5.41, 5.74) is 0.425. The Balaban J connectivity index is 2.31. The van der Waals surface area contributed by atoms with Crippen molar-refractivity contribution in [3.63, 3.8) is 0 Å². The number of amides is 1. The molecule has 8 nitrogen and oxygen atoms in total. The minimum Gasteiger partial charge on any atom is -0.492 e. The smallest absolute Gasteiger partial charge is 0.270 e. The van der Waals surface area contributed by atoms with Crippen LogP contribution in [0.2, 0.25) is 0 Å². The topological polar surface area (TPSA) is 114 Å². The lowest BCUT2D eigenvalue weighted by atomic mass is 10.1. The van der Waals surface area contributed by atoms with Gasteiger partial charge >= 0.3 is 0 Å². The molecular weight excluding hydrogens is 477 g/mol. The van der Waals surface area contributed by atoms with Crippen LogP contribution in [-0.4, -0.2) is 37.5 Å². The van der Waals surface area contributed by atoms with Crippen LogP contribution < -0.4 is 19.5 Å². The van der Waals surface area contributed by atoms with Gasteiger partial charge in [0.15, 0.2) is 0 Å². The molecule has 3 atom stereocenters. The van der Waals surface area contributed by atoms with Crippen molar-refractivity contribution in [1.82, 2.24) is 0 Å². The summed E-state index contributed by atoms with van der Waals surface area (Å²) in [6.45, 7) is 5.26. The van der Waals surface area contributed by atoms with Crippen molar-refractivity contribution in [3.8, 4) is 11.5 Å². The zero-order valence-corrected chi connectivity index (χ0v) is 21.0. The summed E-state index contributed by atoms with van der Waals surface area (Å²) in [5.74, 6) is -0.767. The minimum absolute atomic E-state index is 0.0157. The molecule has 2 unspecified atom stereocenters. The Morgan fingerprint density at radius 1 is 1.19 bits per heavy atom. The van der Waals surface area contributed by atoms with Crippen molar-refractivity contribution >= 4 is 45.8 Å². The molecule has 0 bridgehead atoms. The normalized spacial score (nSPS) is 12.9. The number of hydrogen-bond donors (Lipinski definition) is 3. The van der Waals surface area contributed by atoms with Gasteiger partial charge in [-0.1, -0.05) is 19.9 Å². The predicted molar refractivity (Wildman–Crippen MR) is 128 cm³/mol. The maximum Gasteiger partial charge on any atom is 0.270 e. The van der Waals surface area contributed by atoms with Crippen LogP contribution in [-0.2, 0) is 14.8 Å². The van der Waals surface area contributed by atoms with Crippen LogP contribution in [0.1, 0.15) is 20.8 Å². The number of halogens is 1. The molecule has 2 aromatic carbocycles. The summed E-state index contributed by atoms with van der Waals surface area (Å²) < 4.78 is 52.6. The number of sulfonamides is 1. The van der Waals surface area contributed by atoms with E-state index in [4.69, 9.17) is 9.47 Å². The number of anilines is 2. The van der Waals surface area contributed by atoms with E-state index in [0.717, 1.165) is 0 Å². The third-order valence-corrected chi connectivity index (χ3v) is 5.72. The van der Waals surface area contributed by atoms with Gasteiger partial charge in [0.05, 0.1) is 12.3 Å². The van der Waals surface area contributed by atoms with Crippen LogP contribution in [0.4, 0.5) is 15.8 Å². The number of alkyl halides is 1. The molecule has 0 aromatic heterocycles. The summed E-state index contributed by atoms with van der Waals surface area (Å²) in [4.78, 5) is 11.9. The molecule has 2 rings (SSSR count). The summed E-state index contributed by atoms with van der Waals surface area (Å²) in [6, 6.07) is 9.85. The summed E-state index contributed by atoms with van der Waals surface area (Å²) in [6.07, 6.45) is -1.21. The fourth-order valence-electron chi connectivity index (χ4n) is 2.61. The lowest BCUT2D eigenvalue weighted by molar-refractivity contribution is -0.125. The Morgan fingerprint density at radius 2 is 1.88 bits per heavy atom. The van der Waals surface area contributed by atoms with E-state index in [9.17, 15) is 22.7 Å². The number of carbonyl (C=O) groups is 1. The number of ether oxygens (including phenoxy) is 2. The molecule has 0 saturated carbocycles. The highest BCUT2D eigenvalue weighted by Crippen LogP contribution is 2.34. The zero-order chi connectivity index (χ0) is 24.1. The number of rotatable bonds is 10. The van der Waals surface area contributed by atoms with E-state index in [-0.39, 0.29) is 40.3 Å². The number of aliphatic hydroxyl groups is 1. The molecule has 0 heterocycles. The van der Waals surface area contributed by atoms with Crippen molar-refractivity contribution < 1.29 is 32.2 Å². The Labute approximate surface area is 191 Å². The maximum atomic E-state index is 13.7. The molecule has 176 valence electrons. The highest BCUT2D eigenvalue weighted by molar-refractivity contribution is 7.92. The maximum absolute atomic E-state index is 13.7. The third kappa shape index (κ3) is 7.55. The number of nitrogens with one attached hydrogen (secondary N) is 2. The van der Waals surface area contributed by atoms with Gasteiger partial charge < -0.3 is 19.9 Å². The van der Waals surface area contributed by atoms with E-state index >= 15 is 0 Å². The molecule has 1 amide bonds. The van der Waals surface area contributed by atoms with E-state index in [2.05, 4.69) is 10.0 Å². The Morgan fingerprint density at radius 3 is 2.47 bits per heavy atom. The fraction of sp³-hybridized carbons (Fsp3) is 0.350. The molecule has 12 heteroatoms. The van der Waals surface area contributed by atoms with E-state index in [1.54, 1.807) is 20.8 Å². The third-order valence-electron chi connectivity index (χ3n) is 4.06. The molecule has 0 aliphatic heterocycles. The Bertz CT molecular complexity index is 1060. The van der Waals surface area contributed by atoms with Crippen LogP contribution in [0.25, 0.3) is 0 Å². The first kappa shape index (κ1) is 26.3. The van der Waals surface area contributed by atoms with Gasteiger partial charge in [-0.2, -0.15) is 4.39 Å². The van der Waals surface area contributed by atoms with Crippen molar-refractivity contribution in [2.45, 2.75) is 37.1 Å². The minimum atomic E-state index is -4.10. The second-order valence-corrected chi connectivity index (χ2v) is 11.1. The second-order valence-electron chi connectivity index (χ2n) is 7.21. The first-order valence-electron chi connectivity index (χ1n) is 9.66. The summed E-state index contributed by atoms with van der Waals surface area (Å²) in [5, 5.41) is 10.3. The number of aliphatic hydroxyl groups excluding tert-OH is 1. The van der Waals surface area contributed by atoms with Crippen LogP contribution >= 0.6 is 18.5 Å². The van der Waals surface area contributed by atoms with Crippen molar-refractivity contribution in [3.05, 3.63) is 42.5 Å². The molecule has 32 heavy (non-hydrogen) atoms. The molecule has 0 radical (unpaired) electrons. The van der Waals surface area contributed by atoms with Gasteiger partial charge in [-0.05, 0) is 55.6 Å². The first-order valence-corrected chi connectivity index (χ1v) is 12.3. The van der Waals surface area contributed by atoms with Gasteiger partial charge in [0.25, 0.3) is 21.3 Å². The predicted octanol–water partition coefficient (Wildman–Crippen LogP) is 3.55. The molecular formula is C20H27FN2O6P2S. The molecule has 0 aliphatic rings. The molecule has 0 spiro atoms. The van der Waals surface area contributed by atoms with E-state index in [1.807, 2.05) is 18.5 Å².